The van der Waals surface area contributed by atoms with Gasteiger partial charge in [0.15, 0.2) is 0 Å². The number of fused-ring (bicyclic) bond motifs is 1. The predicted molar refractivity (Wildman–Crippen MR) is 109 cm³/mol. The molecule has 0 bridgehead atoms. The first kappa shape index (κ1) is 19.5. The van der Waals surface area contributed by atoms with Crippen molar-refractivity contribution in [2.24, 2.45) is 0 Å². The minimum atomic E-state index is -0.396. The van der Waals surface area contributed by atoms with E-state index >= 15 is 0 Å². The summed E-state index contributed by atoms with van der Waals surface area (Å²) in [6.07, 6.45) is 0. The smallest absolute Gasteiger partial charge is 0.323 e. The van der Waals surface area contributed by atoms with Crippen molar-refractivity contribution >= 4 is 5.97 Å². The first-order chi connectivity index (χ1) is 12.5. The maximum Gasteiger partial charge on any atom is 0.323 e. The molecule has 0 N–H and O–H groups in total. The average molecular weight is 367 g/mol. The molecule has 0 radical (unpaired) electrons. The van der Waals surface area contributed by atoms with Crippen LogP contribution in [0.4, 0.5) is 0 Å². The zero-order chi connectivity index (χ0) is 20.0. The van der Waals surface area contributed by atoms with Crippen LogP contribution in [-0.2, 0) is 15.6 Å². The van der Waals surface area contributed by atoms with Gasteiger partial charge in [-0.15, -0.1) is 0 Å². The van der Waals surface area contributed by atoms with Gasteiger partial charge in [-0.25, -0.2) is 0 Å². The molecule has 0 saturated heterocycles. The monoisotopic (exact) mass is 366 g/mol. The summed E-state index contributed by atoms with van der Waals surface area (Å²) in [5, 5.41) is 0. The van der Waals surface area contributed by atoms with Crippen LogP contribution >= 0.6 is 0 Å². The van der Waals surface area contributed by atoms with E-state index in [1.807, 2.05) is 37.3 Å². The zero-order valence-corrected chi connectivity index (χ0v) is 17.5. The normalized spacial score (nSPS) is 16.9. The molecule has 1 heterocycles. The van der Waals surface area contributed by atoms with Gasteiger partial charge in [-0.2, -0.15) is 0 Å². The van der Waals surface area contributed by atoms with Crippen LogP contribution in [0.5, 0.6) is 11.5 Å². The molecule has 0 spiro atoms. The van der Waals surface area contributed by atoms with Crippen molar-refractivity contribution < 1.29 is 14.3 Å². The standard InChI is InChI=1S/C24H30O3/c1-8-26-16-11-9-15(10-12-16)19-20-18(27-22(19)25)14-13-17(23(2,3)4)21(20)24(5,6)7/h9-14,19H,8H2,1-7H3. The van der Waals surface area contributed by atoms with E-state index in [4.69, 9.17) is 9.47 Å². The molecule has 1 aliphatic heterocycles. The van der Waals surface area contributed by atoms with Gasteiger partial charge in [0.2, 0.25) is 0 Å². The predicted octanol–water partition coefficient (Wildman–Crippen LogP) is 5.73. The Morgan fingerprint density at radius 1 is 0.926 bits per heavy atom. The second-order valence-electron chi connectivity index (χ2n) is 9.26. The van der Waals surface area contributed by atoms with Gasteiger partial charge in [-0.3, -0.25) is 4.79 Å². The van der Waals surface area contributed by atoms with E-state index in [1.54, 1.807) is 0 Å². The molecule has 0 aromatic heterocycles. The quantitative estimate of drug-likeness (QED) is 0.514. The molecular weight excluding hydrogens is 336 g/mol. The van der Waals surface area contributed by atoms with Crippen LogP contribution in [0.25, 0.3) is 0 Å². The van der Waals surface area contributed by atoms with Crippen molar-refractivity contribution in [1.29, 1.82) is 0 Å². The molecule has 1 aliphatic rings. The summed E-state index contributed by atoms with van der Waals surface area (Å²) < 4.78 is 11.2. The number of benzene rings is 2. The third kappa shape index (κ3) is 3.60. The molecule has 2 aromatic carbocycles. The van der Waals surface area contributed by atoms with E-state index in [2.05, 4.69) is 47.6 Å². The molecule has 0 amide bonds. The SMILES string of the molecule is CCOc1ccc(C2C(=O)Oc3ccc(C(C)(C)C)c(C(C)(C)C)c32)cc1. The van der Waals surface area contributed by atoms with Crippen LogP contribution in [0.3, 0.4) is 0 Å². The first-order valence-corrected chi connectivity index (χ1v) is 9.66. The molecule has 0 saturated carbocycles. The first-order valence-electron chi connectivity index (χ1n) is 9.66. The van der Waals surface area contributed by atoms with E-state index in [1.165, 1.54) is 11.1 Å². The van der Waals surface area contributed by atoms with Gasteiger partial charge in [-0.1, -0.05) is 59.7 Å². The lowest BCUT2D eigenvalue weighted by atomic mass is 9.70. The van der Waals surface area contributed by atoms with Crippen molar-refractivity contribution in [3.05, 3.63) is 58.7 Å². The molecule has 3 nitrogen and oxygen atoms in total. The topological polar surface area (TPSA) is 35.5 Å². The van der Waals surface area contributed by atoms with Crippen LogP contribution in [0.2, 0.25) is 0 Å². The number of carbonyl (C=O) groups is 1. The highest BCUT2D eigenvalue weighted by atomic mass is 16.5. The van der Waals surface area contributed by atoms with Crippen molar-refractivity contribution in [1.82, 2.24) is 0 Å². The zero-order valence-electron chi connectivity index (χ0n) is 17.5. The van der Waals surface area contributed by atoms with E-state index in [0.29, 0.717) is 12.4 Å². The number of hydrogen-bond donors (Lipinski definition) is 0. The molecule has 27 heavy (non-hydrogen) atoms. The largest absolute Gasteiger partial charge is 0.494 e. The summed E-state index contributed by atoms with van der Waals surface area (Å²) in [5.41, 5.74) is 4.32. The van der Waals surface area contributed by atoms with Gasteiger partial charge in [0.1, 0.15) is 17.4 Å². The average Bonchev–Trinajstić information content (AvgIpc) is 2.89. The van der Waals surface area contributed by atoms with Crippen molar-refractivity contribution in [2.75, 3.05) is 6.61 Å². The minimum absolute atomic E-state index is 0.0212. The fourth-order valence-electron chi connectivity index (χ4n) is 3.92. The minimum Gasteiger partial charge on any atom is -0.494 e. The maximum atomic E-state index is 12.8. The van der Waals surface area contributed by atoms with Gasteiger partial charge in [0, 0.05) is 5.56 Å². The van der Waals surface area contributed by atoms with Gasteiger partial charge in [0.05, 0.1) is 6.61 Å². The number of esters is 1. The maximum absolute atomic E-state index is 12.8. The Morgan fingerprint density at radius 2 is 1.56 bits per heavy atom. The van der Waals surface area contributed by atoms with Crippen LogP contribution < -0.4 is 9.47 Å². The number of carbonyl (C=O) groups excluding carboxylic acids is 1. The third-order valence-corrected chi connectivity index (χ3v) is 5.02. The Labute approximate surface area is 162 Å². The van der Waals surface area contributed by atoms with Crippen molar-refractivity contribution in [3.63, 3.8) is 0 Å². The summed E-state index contributed by atoms with van der Waals surface area (Å²) >= 11 is 0. The van der Waals surface area contributed by atoms with Crippen molar-refractivity contribution in [2.45, 2.75) is 65.2 Å². The summed E-state index contributed by atoms with van der Waals surface area (Å²) in [4.78, 5) is 12.8. The highest BCUT2D eigenvalue weighted by Crippen LogP contribution is 2.48. The molecular formula is C24H30O3. The van der Waals surface area contributed by atoms with Gasteiger partial charge < -0.3 is 9.47 Å². The third-order valence-electron chi connectivity index (χ3n) is 5.02. The van der Waals surface area contributed by atoms with Gasteiger partial charge in [0.25, 0.3) is 0 Å². The lowest BCUT2D eigenvalue weighted by Gasteiger charge is -2.32. The summed E-state index contributed by atoms with van der Waals surface area (Å²) in [6.45, 7) is 15.8. The Bertz CT molecular complexity index is 849. The molecule has 144 valence electrons. The van der Waals surface area contributed by atoms with E-state index in [9.17, 15) is 4.79 Å². The molecule has 3 heteroatoms. The van der Waals surface area contributed by atoms with E-state index < -0.39 is 5.92 Å². The number of ether oxygens (including phenoxy) is 2. The van der Waals surface area contributed by atoms with E-state index in [-0.39, 0.29) is 16.8 Å². The highest BCUT2D eigenvalue weighted by molar-refractivity contribution is 5.90. The van der Waals surface area contributed by atoms with Crippen LogP contribution in [0.15, 0.2) is 36.4 Å². The van der Waals surface area contributed by atoms with Crippen molar-refractivity contribution in [3.8, 4) is 11.5 Å². The second-order valence-corrected chi connectivity index (χ2v) is 9.26. The van der Waals surface area contributed by atoms with E-state index in [0.717, 1.165) is 16.9 Å². The Hall–Kier alpha value is -2.29. The highest BCUT2D eigenvalue weighted by Gasteiger charge is 2.41. The fraction of sp³-hybridized carbons (Fsp3) is 0.458. The Kier molecular flexibility index (Phi) is 4.83. The Morgan fingerprint density at radius 3 is 2.07 bits per heavy atom. The molecule has 1 atom stereocenters. The fourth-order valence-corrected chi connectivity index (χ4v) is 3.92. The molecule has 0 aliphatic carbocycles. The molecule has 2 aromatic rings. The lowest BCUT2D eigenvalue weighted by molar-refractivity contribution is -0.133. The van der Waals surface area contributed by atoms with Crippen LogP contribution in [-0.4, -0.2) is 12.6 Å². The van der Waals surface area contributed by atoms with Gasteiger partial charge >= 0.3 is 5.97 Å². The van der Waals surface area contributed by atoms with Crippen LogP contribution in [0, 0.1) is 0 Å². The lowest BCUT2D eigenvalue weighted by Crippen LogP contribution is -2.25. The molecule has 1 unspecified atom stereocenters. The Balaban J connectivity index is 2.21. The number of hydrogen-bond acceptors (Lipinski definition) is 3. The summed E-state index contributed by atoms with van der Waals surface area (Å²) in [6, 6.07) is 11.9. The van der Waals surface area contributed by atoms with Gasteiger partial charge in [-0.05, 0) is 52.6 Å². The second kappa shape index (κ2) is 6.70. The number of rotatable bonds is 3. The van der Waals surface area contributed by atoms with Crippen LogP contribution in [0.1, 0.15) is 76.6 Å². The summed E-state index contributed by atoms with van der Waals surface area (Å²) in [7, 11) is 0. The molecule has 3 rings (SSSR count). The molecule has 0 fully saturated rings. The summed E-state index contributed by atoms with van der Waals surface area (Å²) in [5.74, 6) is 0.905.